The highest BCUT2D eigenvalue weighted by Gasteiger charge is 2.13. The van der Waals surface area contributed by atoms with Crippen LogP contribution in [0.1, 0.15) is 25.5 Å². The standard InChI is InChI=1S/C14H23NO3/c1-10(9-16)11(2)15-8-14(17)12-4-6-13(18-3)7-5-12/h4-7,10-11,14-17H,8-9H2,1-3H3. The van der Waals surface area contributed by atoms with Crippen molar-refractivity contribution in [1.29, 1.82) is 0 Å². The van der Waals surface area contributed by atoms with Crippen LogP contribution in [-0.2, 0) is 0 Å². The Balaban J connectivity index is 2.46. The highest BCUT2D eigenvalue weighted by molar-refractivity contribution is 5.28. The number of methoxy groups -OCH3 is 1. The van der Waals surface area contributed by atoms with Gasteiger partial charge in [-0.15, -0.1) is 0 Å². The van der Waals surface area contributed by atoms with Crippen molar-refractivity contribution in [3.05, 3.63) is 29.8 Å². The summed E-state index contributed by atoms with van der Waals surface area (Å²) in [6.07, 6.45) is -0.552. The first-order chi connectivity index (χ1) is 8.58. The molecule has 0 saturated heterocycles. The van der Waals surface area contributed by atoms with Crippen molar-refractivity contribution in [1.82, 2.24) is 5.32 Å². The van der Waals surface area contributed by atoms with Crippen molar-refractivity contribution in [3.63, 3.8) is 0 Å². The van der Waals surface area contributed by atoms with E-state index < -0.39 is 6.10 Å². The third-order valence-electron chi connectivity index (χ3n) is 3.28. The Kier molecular flexibility index (Phi) is 6.12. The van der Waals surface area contributed by atoms with E-state index in [0.29, 0.717) is 6.54 Å². The van der Waals surface area contributed by atoms with Crippen molar-refractivity contribution in [2.45, 2.75) is 26.0 Å². The number of nitrogens with one attached hydrogen (secondary N) is 1. The molecule has 0 radical (unpaired) electrons. The molecular formula is C14H23NO3. The third-order valence-corrected chi connectivity index (χ3v) is 3.28. The van der Waals surface area contributed by atoms with Crippen molar-refractivity contribution in [2.75, 3.05) is 20.3 Å². The van der Waals surface area contributed by atoms with Crippen LogP contribution < -0.4 is 10.1 Å². The minimum absolute atomic E-state index is 0.146. The smallest absolute Gasteiger partial charge is 0.118 e. The zero-order valence-electron chi connectivity index (χ0n) is 11.3. The molecule has 0 aromatic heterocycles. The Labute approximate surface area is 109 Å². The van der Waals surface area contributed by atoms with Crippen molar-refractivity contribution < 1.29 is 14.9 Å². The lowest BCUT2D eigenvalue weighted by molar-refractivity contribution is 0.155. The van der Waals surface area contributed by atoms with E-state index in [2.05, 4.69) is 5.32 Å². The topological polar surface area (TPSA) is 61.7 Å². The fraction of sp³-hybridized carbons (Fsp3) is 0.571. The number of hydrogen-bond donors (Lipinski definition) is 3. The lowest BCUT2D eigenvalue weighted by atomic mass is 10.0. The van der Waals surface area contributed by atoms with E-state index in [1.165, 1.54) is 0 Å². The molecule has 0 spiro atoms. The van der Waals surface area contributed by atoms with Crippen LogP contribution in [0.25, 0.3) is 0 Å². The molecule has 3 unspecified atom stereocenters. The lowest BCUT2D eigenvalue weighted by Crippen LogP contribution is -2.36. The van der Waals surface area contributed by atoms with E-state index in [0.717, 1.165) is 11.3 Å². The van der Waals surface area contributed by atoms with Crippen LogP contribution in [0.3, 0.4) is 0 Å². The molecule has 102 valence electrons. The van der Waals surface area contributed by atoms with Gasteiger partial charge in [0.25, 0.3) is 0 Å². The third kappa shape index (κ3) is 4.29. The number of aliphatic hydroxyl groups is 2. The summed E-state index contributed by atoms with van der Waals surface area (Å²) in [5.41, 5.74) is 0.854. The van der Waals surface area contributed by atoms with E-state index in [-0.39, 0.29) is 18.6 Å². The maximum atomic E-state index is 10.0. The van der Waals surface area contributed by atoms with Gasteiger partial charge in [0.2, 0.25) is 0 Å². The molecule has 0 bridgehead atoms. The number of ether oxygens (including phenoxy) is 1. The Hall–Kier alpha value is -1.10. The van der Waals surface area contributed by atoms with Crippen LogP contribution in [0.5, 0.6) is 5.75 Å². The summed E-state index contributed by atoms with van der Waals surface area (Å²) in [7, 11) is 1.62. The molecule has 4 nitrogen and oxygen atoms in total. The largest absolute Gasteiger partial charge is 0.497 e. The van der Waals surface area contributed by atoms with E-state index in [1.807, 2.05) is 38.1 Å². The Bertz CT molecular complexity index is 339. The van der Waals surface area contributed by atoms with Crippen molar-refractivity contribution in [3.8, 4) is 5.75 Å². The Morgan fingerprint density at radius 1 is 1.22 bits per heavy atom. The first-order valence-corrected chi connectivity index (χ1v) is 6.24. The second-order valence-corrected chi connectivity index (χ2v) is 4.65. The predicted molar refractivity (Wildman–Crippen MR) is 71.7 cm³/mol. The highest BCUT2D eigenvalue weighted by atomic mass is 16.5. The molecule has 0 saturated carbocycles. The van der Waals surface area contributed by atoms with Gasteiger partial charge in [-0.3, -0.25) is 0 Å². The molecule has 1 aromatic carbocycles. The Morgan fingerprint density at radius 2 is 1.83 bits per heavy atom. The van der Waals surface area contributed by atoms with Gasteiger partial charge in [-0.25, -0.2) is 0 Å². The summed E-state index contributed by atoms with van der Waals surface area (Å²) in [6, 6.07) is 7.54. The molecule has 3 N–H and O–H groups in total. The molecule has 3 atom stereocenters. The zero-order valence-corrected chi connectivity index (χ0v) is 11.3. The number of hydrogen-bond acceptors (Lipinski definition) is 4. The monoisotopic (exact) mass is 253 g/mol. The quantitative estimate of drug-likeness (QED) is 0.686. The molecule has 0 amide bonds. The van der Waals surface area contributed by atoms with Crippen LogP contribution in [0.4, 0.5) is 0 Å². The molecule has 1 rings (SSSR count). The zero-order chi connectivity index (χ0) is 13.5. The fourth-order valence-corrected chi connectivity index (χ4v) is 1.60. The summed E-state index contributed by atoms with van der Waals surface area (Å²) in [5, 5.41) is 22.3. The van der Waals surface area contributed by atoms with Gasteiger partial charge in [0.05, 0.1) is 13.2 Å². The minimum Gasteiger partial charge on any atom is -0.497 e. The first kappa shape index (κ1) is 15.0. The van der Waals surface area contributed by atoms with Gasteiger partial charge < -0.3 is 20.3 Å². The van der Waals surface area contributed by atoms with Gasteiger partial charge >= 0.3 is 0 Å². The van der Waals surface area contributed by atoms with Crippen molar-refractivity contribution >= 4 is 0 Å². The highest BCUT2D eigenvalue weighted by Crippen LogP contribution is 2.17. The summed E-state index contributed by atoms with van der Waals surface area (Å²) in [4.78, 5) is 0. The SMILES string of the molecule is COc1ccc(C(O)CNC(C)C(C)CO)cc1. The average Bonchev–Trinajstić information content (AvgIpc) is 2.43. The number of rotatable bonds is 7. The summed E-state index contributed by atoms with van der Waals surface area (Å²) in [5.74, 6) is 0.953. The summed E-state index contributed by atoms with van der Waals surface area (Å²) >= 11 is 0. The summed E-state index contributed by atoms with van der Waals surface area (Å²) < 4.78 is 5.07. The van der Waals surface area contributed by atoms with Gasteiger partial charge in [0.1, 0.15) is 5.75 Å². The molecule has 0 heterocycles. The van der Waals surface area contributed by atoms with Gasteiger partial charge in [0, 0.05) is 19.2 Å². The van der Waals surface area contributed by atoms with E-state index in [4.69, 9.17) is 9.84 Å². The van der Waals surface area contributed by atoms with E-state index >= 15 is 0 Å². The van der Waals surface area contributed by atoms with Gasteiger partial charge in [-0.1, -0.05) is 19.1 Å². The van der Waals surface area contributed by atoms with E-state index in [9.17, 15) is 5.11 Å². The van der Waals surface area contributed by atoms with E-state index in [1.54, 1.807) is 7.11 Å². The maximum absolute atomic E-state index is 10.0. The van der Waals surface area contributed by atoms with Crippen LogP contribution in [0.2, 0.25) is 0 Å². The fourth-order valence-electron chi connectivity index (χ4n) is 1.60. The van der Waals surface area contributed by atoms with Crippen LogP contribution >= 0.6 is 0 Å². The second kappa shape index (κ2) is 7.36. The van der Waals surface area contributed by atoms with Gasteiger partial charge in [-0.2, -0.15) is 0 Å². The normalized spacial score (nSPS) is 16.1. The van der Waals surface area contributed by atoms with Crippen LogP contribution in [0, 0.1) is 5.92 Å². The lowest BCUT2D eigenvalue weighted by Gasteiger charge is -2.21. The Morgan fingerprint density at radius 3 is 2.33 bits per heavy atom. The van der Waals surface area contributed by atoms with Crippen LogP contribution in [-0.4, -0.2) is 36.5 Å². The molecule has 0 fully saturated rings. The number of benzene rings is 1. The maximum Gasteiger partial charge on any atom is 0.118 e. The molecule has 0 aliphatic rings. The molecule has 4 heteroatoms. The van der Waals surface area contributed by atoms with Gasteiger partial charge in [0.15, 0.2) is 0 Å². The number of aliphatic hydroxyl groups excluding tert-OH is 2. The van der Waals surface area contributed by atoms with Crippen LogP contribution in [0.15, 0.2) is 24.3 Å². The molecule has 18 heavy (non-hydrogen) atoms. The summed E-state index contributed by atoms with van der Waals surface area (Å²) in [6.45, 7) is 4.59. The average molecular weight is 253 g/mol. The minimum atomic E-state index is -0.552. The molecule has 1 aromatic rings. The first-order valence-electron chi connectivity index (χ1n) is 6.24. The molecule has 0 aliphatic heterocycles. The predicted octanol–water partition coefficient (Wildman–Crippen LogP) is 1.34. The molecular weight excluding hydrogens is 230 g/mol. The second-order valence-electron chi connectivity index (χ2n) is 4.65. The molecule has 0 aliphatic carbocycles. The van der Waals surface area contributed by atoms with Crippen molar-refractivity contribution in [2.24, 2.45) is 5.92 Å². The van der Waals surface area contributed by atoms with Gasteiger partial charge in [-0.05, 0) is 30.5 Å².